The molecule has 0 aliphatic heterocycles. The molecule has 1 amide bonds. The zero-order valence-corrected chi connectivity index (χ0v) is 13.3. The maximum absolute atomic E-state index is 12.6. The van der Waals surface area contributed by atoms with E-state index in [1.54, 1.807) is 0 Å². The van der Waals surface area contributed by atoms with Gasteiger partial charge in [-0.15, -0.1) is 0 Å². The fourth-order valence-corrected chi connectivity index (χ4v) is 2.39. The molecule has 1 N–H and O–H groups in total. The smallest absolute Gasteiger partial charge is 0.325 e. The van der Waals surface area contributed by atoms with Crippen LogP contribution in [0.1, 0.15) is 12.0 Å². The second-order valence-electron chi connectivity index (χ2n) is 4.59. The van der Waals surface area contributed by atoms with Crippen LogP contribution < -0.4 is 5.32 Å². The fraction of sp³-hybridized carbons (Fsp3) is 0.417. The van der Waals surface area contributed by atoms with Gasteiger partial charge in [0.2, 0.25) is 15.9 Å². The van der Waals surface area contributed by atoms with Gasteiger partial charge in [-0.2, -0.15) is 13.2 Å². The summed E-state index contributed by atoms with van der Waals surface area (Å²) in [6, 6.07) is 2.49. The van der Waals surface area contributed by atoms with Gasteiger partial charge in [-0.25, -0.2) is 12.7 Å². The van der Waals surface area contributed by atoms with Crippen LogP contribution in [0.25, 0.3) is 0 Å². The molecular formula is C12H14ClF3N2O3S. The predicted octanol–water partition coefficient (Wildman–Crippen LogP) is 2.58. The van der Waals surface area contributed by atoms with Crippen LogP contribution >= 0.6 is 11.6 Å². The molecule has 0 spiro atoms. The Kier molecular flexibility index (Phi) is 5.82. The van der Waals surface area contributed by atoms with Crippen molar-refractivity contribution in [3.63, 3.8) is 0 Å². The normalized spacial score (nSPS) is 12.5. The molecule has 0 saturated carbocycles. The topological polar surface area (TPSA) is 66.5 Å². The lowest BCUT2D eigenvalue weighted by atomic mass is 10.2. The SMILES string of the molecule is CN(C)S(=O)(=O)CCC(=O)Nc1cc(C(F)(F)F)ccc1Cl. The van der Waals surface area contributed by atoms with Crippen LogP contribution in [0.5, 0.6) is 0 Å². The highest BCUT2D eigenvalue weighted by Crippen LogP contribution is 2.33. The van der Waals surface area contributed by atoms with Gasteiger partial charge in [0, 0.05) is 20.5 Å². The first-order valence-corrected chi connectivity index (χ1v) is 7.99. The average molecular weight is 359 g/mol. The summed E-state index contributed by atoms with van der Waals surface area (Å²) in [4.78, 5) is 11.7. The van der Waals surface area contributed by atoms with Crippen molar-refractivity contribution >= 4 is 33.2 Å². The van der Waals surface area contributed by atoms with Crippen LogP contribution in [0, 0.1) is 0 Å². The van der Waals surface area contributed by atoms with Gasteiger partial charge in [-0.1, -0.05) is 11.6 Å². The van der Waals surface area contributed by atoms with Crippen LogP contribution in [0.4, 0.5) is 18.9 Å². The Bertz CT molecular complexity index is 660. The molecule has 0 radical (unpaired) electrons. The minimum absolute atomic E-state index is 0.0724. The molecule has 5 nitrogen and oxygen atoms in total. The van der Waals surface area contributed by atoms with Crippen molar-refractivity contribution < 1.29 is 26.4 Å². The summed E-state index contributed by atoms with van der Waals surface area (Å²) in [6.07, 6.45) is -4.97. The van der Waals surface area contributed by atoms with Crippen molar-refractivity contribution in [2.45, 2.75) is 12.6 Å². The van der Waals surface area contributed by atoms with Crippen LogP contribution in [0.3, 0.4) is 0 Å². The van der Waals surface area contributed by atoms with Crippen molar-refractivity contribution in [1.29, 1.82) is 0 Å². The van der Waals surface area contributed by atoms with E-state index in [-0.39, 0.29) is 10.7 Å². The number of nitrogens with one attached hydrogen (secondary N) is 1. The first kappa shape index (κ1) is 18.7. The van der Waals surface area contributed by atoms with Crippen molar-refractivity contribution in [2.24, 2.45) is 0 Å². The molecule has 1 aromatic carbocycles. The molecule has 0 saturated heterocycles. The van der Waals surface area contributed by atoms with E-state index in [2.05, 4.69) is 5.32 Å². The van der Waals surface area contributed by atoms with Gasteiger partial charge in [-0.3, -0.25) is 4.79 Å². The third-order valence-electron chi connectivity index (χ3n) is 2.71. The lowest BCUT2D eigenvalue weighted by Crippen LogP contribution is -2.27. The molecule has 0 unspecified atom stereocenters. The third-order valence-corrected chi connectivity index (χ3v) is 4.87. The summed E-state index contributed by atoms with van der Waals surface area (Å²) in [6.45, 7) is 0. The third kappa shape index (κ3) is 5.15. The number of halogens is 4. The first-order chi connectivity index (χ1) is 9.93. The number of hydrogen-bond donors (Lipinski definition) is 1. The van der Waals surface area contributed by atoms with Crippen molar-refractivity contribution in [1.82, 2.24) is 4.31 Å². The number of sulfonamides is 1. The first-order valence-electron chi connectivity index (χ1n) is 6.00. The molecule has 0 aromatic heterocycles. The summed E-state index contributed by atoms with van der Waals surface area (Å²) in [5.74, 6) is -1.20. The molecule has 0 aliphatic rings. The summed E-state index contributed by atoms with van der Waals surface area (Å²) in [7, 11) is -0.935. The van der Waals surface area contributed by atoms with Gasteiger partial charge >= 0.3 is 6.18 Å². The number of anilines is 1. The lowest BCUT2D eigenvalue weighted by molar-refractivity contribution is -0.137. The van der Waals surface area contributed by atoms with Crippen molar-refractivity contribution in [2.75, 3.05) is 25.2 Å². The van der Waals surface area contributed by atoms with Gasteiger partial charge in [0.1, 0.15) is 0 Å². The summed E-state index contributed by atoms with van der Waals surface area (Å²) in [5.41, 5.74) is -1.18. The molecule has 22 heavy (non-hydrogen) atoms. The van der Waals surface area contributed by atoms with Gasteiger partial charge in [-0.05, 0) is 18.2 Å². The Morgan fingerprint density at radius 2 is 1.91 bits per heavy atom. The van der Waals surface area contributed by atoms with E-state index in [0.717, 1.165) is 16.4 Å². The standard InChI is InChI=1S/C12H14ClF3N2O3S/c1-18(2)22(20,21)6-5-11(19)17-10-7-8(12(14,15)16)3-4-9(10)13/h3-4,7H,5-6H2,1-2H3,(H,17,19). The van der Waals surface area contributed by atoms with E-state index in [9.17, 15) is 26.4 Å². The highest BCUT2D eigenvalue weighted by atomic mass is 35.5. The Labute approximate surface area is 131 Å². The van der Waals surface area contributed by atoms with Gasteiger partial charge in [0.05, 0.1) is 22.0 Å². The molecule has 0 atom stereocenters. The Morgan fingerprint density at radius 1 is 1.32 bits per heavy atom. The summed E-state index contributed by atoms with van der Waals surface area (Å²) >= 11 is 5.72. The average Bonchev–Trinajstić information content (AvgIpc) is 2.37. The van der Waals surface area contributed by atoms with E-state index < -0.39 is 39.8 Å². The number of carbonyl (C=O) groups is 1. The molecule has 0 bridgehead atoms. The van der Waals surface area contributed by atoms with E-state index in [1.165, 1.54) is 14.1 Å². The molecule has 1 rings (SSSR count). The van der Waals surface area contributed by atoms with Crippen LogP contribution in [-0.4, -0.2) is 38.5 Å². The molecule has 0 aliphatic carbocycles. The second kappa shape index (κ2) is 6.84. The van der Waals surface area contributed by atoms with Crippen molar-refractivity contribution in [3.05, 3.63) is 28.8 Å². The molecular weight excluding hydrogens is 345 g/mol. The van der Waals surface area contributed by atoms with E-state index in [1.807, 2.05) is 0 Å². The maximum Gasteiger partial charge on any atom is 0.416 e. The Morgan fingerprint density at radius 3 is 2.41 bits per heavy atom. The highest BCUT2D eigenvalue weighted by molar-refractivity contribution is 7.89. The number of hydrogen-bond acceptors (Lipinski definition) is 3. The van der Waals surface area contributed by atoms with E-state index in [4.69, 9.17) is 11.6 Å². The van der Waals surface area contributed by atoms with Gasteiger partial charge in [0.25, 0.3) is 0 Å². The minimum atomic E-state index is -4.57. The van der Waals surface area contributed by atoms with Crippen LogP contribution in [0.15, 0.2) is 18.2 Å². The number of nitrogens with zero attached hydrogens (tertiary/aromatic N) is 1. The summed E-state index contributed by atoms with van der Waals surface area (Å²) < 4.78 is 61.7. The van der Waals surface area contributed by atoms with E-state index in [0.29, 0.717) is 6.07 Å². The second-order valence-corrected chi connectivity index (χ2v) is 7.30. The largest absolute Gasteiger partial charge is 0.416 e. The lowest BCUT2D eigenvalue weighted by Gasteiger charge is -2.13. The van der Waals surface area contributed by atoms with Crippen molar-refractivity contribution in [3.8, 4) is 0 Å². The van der Waals surface area contributed by atoms with Gasteiger partial charge in [0.15, 0.2) is 0 Å². The Balaban J connectivity index is 2.81. The molecule has 1 aromatic rings. The maximum atomic E-state index is 12.6. The molecule has 0 fully saturated rings. The zero-order chi connectivity index (χ0) is 17.1. The summed E-state index contributed by atoms with van der Waals surface area (Å²) in [5, 5.41) is 2.11. The number of benzene rings is 1. The van der Waals surface area contributed by atoms with E-state index >= 15 is 0 Å². The van der Waals surface area contributed by atoms with Crippen LogP contribution in [-0.2, 0) is 21.0 Å². The van der Waals surface area contributed by atoms with Gasteiger partial charge < -0.3 is 5.32 Å². The number of rotatable bonds is 5. The van der Waals surface area contributed by atoms with Crippen LogP contribution in [0.2, 0.25) is 5.02 Å². The minimum Gasteiger partial charge on any atom is -0.325 e. The number of amides is 1. The molecule has 124 valence electrons. The fourth-order valence-electron chi connectivity index (χ4n) is 1.41. The Hall–Kier alpha value is -1.32. The molecule has 10 heteroatoms. The highest BCUT2D eigenvalue weighted by Gasteiger charge is 2.31. The quantitative estimate of drug-likeness (QED) is 0.879. The predicted molar refractivity (Wildman–Crippen MR) is 77.2 cm³/mol. The zero-order valence-electron chi connectivity index (χ0n) is 11.7. The number of alkyl halides is 3. The number of carbonyl (C=O) groups excluding carboxylic acids is 1. The monoisotopic (exact) mass is 358 g/mol. The molecule has 0 heterocycles.